The van der Waals surface area contributed by atoms with Crippen LogP contribution in [-0.2, 0) is 19.6 Å². The van der Waals surface area contributed by atoms with Crippen molar-refractivity contribution in [3.8, 4) is 5.75 Å². The first-order chi connectivity index (χ1) is 16.2. The zero-order chi connectivity index (χ0) is 24.5. The molecule has 3 fully saturated rings. The number of hydrogen-bond acceptors (Lipinski definition) is 6. The van der Waals surface area contributed by atoms with Crippen LogP contribution in [0.4, 0.5) is 4.79 Å². The number of nitrogens with zero attached hydrogens (tertiary/aromatic N) is 3. The zero-order valence-electron chi connectivity index (χ0n) is 19.7. The quantitative estimate of drug-likeness (QED) is 0.601. The molecule has 0 aromatic heterocycles. The molecule has 1 aromatic carbocycles. The zero-order valence-corrected chi connectivity index (χ0v) is 20.5. The summed E-state index contributed by atoms with van der Waals surface area (Å²) in [5, 5.41) is 2.85. The Hall–Kier alpha value is -2.66. The Labute approximate surface area is 200 Å². The highest BCUT2D eigenvalue weighted by atomic mass is 32.2. The Morgan fingerprint density at radius 3 is 2.41 bits per heavy atom. The highest BCUT2D eigenvalue weighted by Gasteiger charge is 2.55. The highest BCUT2D eigenvalue weighted by molar-refractivity contribution is 7.89. The van der Waals surface area contributed by atoms with Crippen LogP contribution in [0.1, 0.15) is 39.5 Å². The van der Waals surface area contributed by atoms with Crippen LogP contribution in [-0.4, -0.2) is 85.2 Å². The number of imide groups is 1. The summed E-state index contributed by atoms with van der Waals surface area (Å²) >= 11 is 0. The maximum atomic E-state index is 13.1. The number of carbonyl (C=O) groups is 3. The van der Waals surface area contributed by atoms with Crippen LogP contribution in [0.5, 0.6) is 5.75 Å². The third-order valence-electron chi connectivity index (χ3n) is 7.16. The van der Waals surface area contributed by atoms with Crippen LogP contribution in [0.2, 0.25) is 0 Å². The van der Waals surface area contributed by atoms with Crippen LogP contribution in [0.3, 0.4) is 0 Å². The molecule has 34 heavy (non-hydrogen) atoms. The molecular formula is C23H32N4O6S. The highest BCUT2D eigenvalue weighted by Crippen LogP contribution is 2.38. The van der Waals surface area contributed by atoms with Gasteiger partial charge in [-0.05, 0) is 49.9 Å². The molecule has 186 valence electrons. The molecule has 0 radical (unpaired) electrons. The summed E-state index contributed by atoms with van der Waals surface area (Å²) in [6, 6.07) is 5.74. The Morgan fingerprint density at radius 1 is 1.12 bits per heavy atom. The summed E-state index contributed by atoms with van der Waals surface area (Å²) in [5.74, 6) is -0.0622. The third-order valence-corrected chi connectivity index (χ3v) is 9.07. The monoisotopic (exact) mass is 492 g/mol. The number of ether oxygens (including phenoxy) is 1. The van der Waals surface area contributed by atoms with E-state index in [9.17, 15) is 22.8 Å². The van der Waals surface area contributed by atoms with Crippen molar-refractivity contribution >= 4 is 27.9 Å². The van der Waals surface area contributed by atoms with Crippen molar-refractivity contribution in [1.29, 1.82) is 0 Å². The lowest BCUT2D eigenvalue weighted by molar-refractivity contribution is -0.141. The third kappa shape index (κ3) is 4.38. The molecule has 1 spiro atoms. The van der Waals surface area contributed by atoms with E-state index in [0.29, 0.717) is 18.8 Å². The summed E-state index contributed by atoms with van der Waals surface area (Å²) in [4.78, 5) is 41.3. The Balaban J connectivity index is 1.35. The van der Waals surface area contributed by atoms with Crippen molar-refractivity contribution in [2.45, 2.75) is 50.0 Å². The van der Waals surface area contributed by atoms with E-state index >= 15 is 0 Å². The van der Waals surface area contributed by atoms with E-state index in [0.717, 1.165) is 24.2 Å². The number of hydrogen-bond donors (Lipinski definition) is 1. The number of sulfonamides is 1. The van der Waals surface area contributed by atoms with Crippen LogP contribution in [0.25, 0.3) is 0 Å². The molecule has 1 N–H and O–H groups in total. The summed E-state index contributed by atoms with van der Waals surface area (Å²) in [5.41, 5.74) is -0.903. The van der Waals surface area contributed by atoms with E-state index in [1.54, 1.807) is 12.1 Å². The molecule has 2 aliphatic heterocycles. The second-order valence-corrected chi connectivity index (χ2v) is 11.1. The maximum Gasteiger partial charge on any atom is 0.325 e. The maximum absolute atomic E-state index is 13.1. The van der Waals surface area contributed by atoms with E-state index < -0.39 is 21.6 Å². The van der Waals surface area contributed by atoms with E-state index in [1.165, 1.54) is 21.3 Å². The van der Waals surface area contributed by atoms with Crippen molar-refractivity contribution in [2.24, 2.45) is 5.92 Å². The van der Waals surface area contributed by atoms with Crippen LogP contribution in [0, 0.1) is 5.92 Å². The van der Waals surface area contributed by atoms with Gasteiger partial charge >= 0.3 is 6.03 Å². The molecule has 0 unspecified atom stereocenters. The van der Waals surface area contributed by atoms with Gasteiger partial charge in [0, 0.05) is 26.2 Å². The molecule has 10 nitrogen and oxygen atoms in total. The molecule has 2 saturated heterocycles. The number of rotatable bonds is 6. The van der Waals surface area contributed by atoms with Gasteiger partial charge in [0.1, 0.15) is 17.8 Å². The largest absolute Gasteiger partial charge is 0.494 e. The number of piperazine rings is 1. The fourth-order valence-electron chi connectivity index (χ4n) is 5.08. The van der Waals surface area contributed by atoms with Crippen molar-refractivity contribution in [2.75, 3.05) is 39.3 Å². The first-order valence-electron chi connectivity index (χ1n) is 11.8. The van der Waals surface area contributed by atoms with Gasteiger partial charge in [0.05, 0.1) is 11.5 Å². The van der Waals surface area contributed by atoms with Gasteiger partial charge in [-0.25, -0.2) is 13.2 Å². The van der Waals surface area contributed by atoms with Crippen molar-refractivity contribution in [3.63, 3.8) is 0 Å². The van der Waals surface area contributed by atoms with Gasteiger partial charge in [0.25, 0.3) is 5.91 Å². The Bertz CT molecular complexity index is 1050. The lowest BCUT2D eigenvalue weighted by Crippen LogP contribution is -2.55. The number of urea groups is 1. The minimum Gasteiger partial charge on any atom is -0.494 e. The van der Waals surface area contributed by atoms with Gasteiger partial charge in [-0.1, -0.05) is 19.8 Å². The summed E-state index contributed by atoms with van der Waals surface area (Å²) in [6.07, 6.45) is 3.34. The fraction of sp³-hybridized carbons (Fsp3) is 0.609. The van der Waals surface area contributed by atoms with Crippen LogP contribution >= 0.6 is 0 Å². The van der Waals surface area contributed by atoms with Crippen molar-refractivity contribution < 1.29 is 27.5 Å². The Kier molecular flexibility index (Phi) is 6.86. The molecule has 1 saturated carbocycles. The summed E-state index contributed by atoms with van der Waals surface area (Å²) < 4.78 is 32.7. The van der Waals surface area contributed by atoms with Crippen LogP contribution < -0.4 is 10.1 Å². The van der Waals surface area contributed by atoms with E-state index in [4.69, 9.17) is 4.74 Å². The minimum absolute atomic E-state index is 0.0224. The fourth-order valence-corrected chi connectivity index (χ4v) is 6.50. The predicted molar refractivity (Wildman–Crippen MR) is 124 cm³/mol. The lowest BCUT2D eigenvalue weighted by Gasteiger charge is -2.37. The molecule has 0 bridgehead atoms. The lowest BCUT2D eigenvalue weighted by atomic mass is 9.73. The van der Waals surface area contributed by atoms with Crippen molar-refractivity contribution in [3.05, 3.63) is 24.3 Å². The molecule has 2 atom stereocenters. The number of nitrogens with one attached hydrogen (secondary N) is 1. The average Bonchev–Trinajstić information content (AvgIpc) is 3.06. The van der Waals surface area contributed by atoms with E-state index in [1.807, 2.05) is 13.8 Å². The molecule has 1 aromatic rings. The summed E-state index contributed by atoms with van der Waals surface area (Å²) in [7, 11) is -3.70. The van der Waals surface area contributed by atoms with Crippen molar-refractivity contribution in [1.82, 2.24) is 19.4 Å². The van der Waals surface area contributed by atoms with Gasteiger partial charge in [0.2, 0.25) is 15.9 Å². The second-order valence-electron chi connectivity index (χ2n) is 9.13. The molecule has 11 heteroatoms. The van der Waals surface area contributed by atoms with Gasteiger partial charge in [-0.3, -0.25) is 14.5 Å². The first kappa shape index (κ1) is 24.5. The SMILES string of the molecule is CCOc1ccc(S(=O)(=O)N2CCN(C(=O)CN3C(=O)N[C@]4(CCCC[C@@H]4C)C3=O)CC2)cc1. The number of carbonyl (C=O) groups excluding carboxylic acids is 3. The molecule has 1 aliphatic carbocycles. The van der Waals surface area contributed by atoms with E-state index in [2.05, 4.69) is 5.32 Å². The van der Waals surface area contributed by atoms with E-state index in [-0.39, 0.29) is 55.4 Å². The van der Waals surface area contributed by atoms with Gasteiger partial charge < -0.3 is 15.0 Å². The first-order valence-corrected chi connectivity index (χ1v) is 13.3. The standard InChI is InChI=1S/C23H32N4O6S/c1-3-33-18-7-9-19(10-8-18)34(31,32)26-14-12-25(13-15-26)20(28)16-27-21(29)23(24-22(27)30)11-5-4-6-17(23)2/h7-10,17H,3-6,11-16H2,1-2H3,(H,24,30)/t17-,23-/m0/s1. The summed E-state index contributed by atoms with van der Waals surface area (Å²) in [6.45, 7) is 4.65. The molecule has 2 heterocycles. The molecule has 4 amide bonds. The van der Waals surface area contributed by atoms with Gasteiger partial charge in [0.15, 0.2) is 0 Å². The van der Waals surface area contributed by atoms with Gasteiger partial charge in [-0.2, -0.15) is 4.31 Å². The second kappa shape index (κ2) is 9.53. The molecular weight excluding hydrogens is 460 g/mol. The van der Waals surface area contributed by atoms with Gasteiger partial charge in [-0.15, -0.1) is 0 Å². The molecule has 4 rings (SSSR count). The number of amides is 4. The minimum atomic E-state index is -3.70. The average molecular weight is 493 g/mol. The predicted octanol–water partition coefficient (Wildman–Crippen LogP) is 1.42. The normalized spacial score (nSPS) is 26.1. The Morgan fingerprint density at radius 2 is 1.79 bits per heavy atom. The molecule has 3 aliphatic rings. The smallest absolute Gasteiger partial charge is 0.325 e. The number of benzene rings is 1. The van der Waals surface area contributed by atoms with Crippen LogP contribution in [0.15, 0.2) is 29.2 Å². The topological polar surface area (TPSA) is 116 Å².